The van der Waals surface area contributed by atoms with E-state index in [0.29, 0.717) is 30.6 Å². The number of hydrogen-bond acceptors (Lipinski definition) is 4. The standard InChI is InChI=1S/C20H30N2O4S/c1-15-11-16(2)13-22(12-15)27(24,25)19-9-7-17(8-10-19)21-20(23)14-26-18-5-3-4-6-18/h7-10,15-16,18H,3-6,11-14H2,1-2H3,(H,21,23)/t15-,16+. The highest BCUT2D eigenvalue weighted by atomic mass is 32.2. The molecule has 2 aliphatic rings. The molecule has 1 aromatic rings. The van der Waals surface area contributed by atoms with Crippen LogP contribution >= 0.6 is 0 Å². The number of amides is 1. The fourth-order valence-corrected chi connectivity index (χ4v) is 5.79. The molecule has 27 heavy (non-hydrogen) atoms. The third kappa shape index (κ3) is 5.30. The van der Waals surface area contributed by atoms with Crippen molar-refractivity contribution in [2.75, 3.05) is 25.0 Å². The van der Waals surface area contributed by atoms with Crippen molar-refractivity contribution in [2.24, 2.45) is 11.8 Å². The van der Waals surface area contributed by atoms with Crippen LogP contribution < -0.4 is 5.32 Å². The number of nitrogens with zero attached hydrogens (tertiary/aromatic N) is 1. The van der Waals surface area contributed by atoms with Crippen LogP contribution in [0.2, 0.25) is 0 Å². The molecule has 0 radical (unpaired) electrons. The molecular weight excluding hydrogens is 364 g/mol. The summed E-state index contributed by atoms with van der Waals surface area (Å²) in [6.45, 7) is 5.33. The molecule has 1 aromatic carbocycles. The zero-order valence-corrected chi connectivity index (χ0v) is 17.0. The minimum atomic E-state index is -3.50. The van der Waals surface area contributed by atoms with Gasteiger partial charge in [0.15, 0.2) is 0 Å². The summed E-state index contributed by atoms with van der Waals surface area (Å²) >= 11 is 0. The van der Waals surface area contributed by atoms with Crippen LogP contribution in [0.4, 0.5) is 5.69 Å². The fourth-order valence-electron chi connectivity index (χ4n) is 4.11. The average molecular weight is 395 g/mol. The summed E-state index contributed by atoms with van der Waals surface area (Å²) in [4.78, 5) is 12.3. The smallest absolute Gasteiger partial charge is 0.250 e. The van der Waals surface area contributed by atoms with Gasteiger partial charge in [0.05, 0.1) is 11.0 Å². The zero-order valence-electron chi connectivity index (χ0n) is 16.2. The van der Waals surface area contributed by atoms with Gasteiger partial charge < -0.3 is 10.1 Å². The number of anilines is 1. The zero-order chi connectivity index (χ0) is 19.4. The maximum atomic E-state index is 12.9. The molecule has 0 spiro atoms. The van der Waals surface area contributed by atoms with Gasteiger partial charge in [-0.15, -0.1) is 0 Å². The average Bonchev–Trinajstić information content (AvgIpc) is 3.13. The molecule has 2 fully saturated rings. The number of nitrogens with one attached hydrogen (secondary N) is 1. The molecule has 0 aromatic heterocycles. The Hall–Kier alpha value is -1.44. The molecule has 6 nitrogen and oxygen atoms in total. The van der Waals surface area contributed by atoms with Crippen LogP contribution in [0.15, 0.2) is 29.2 Å². The molecule has 0 unspecified atom stereocenters. The molecular formula is C20H30N2O4S. The van der Waals surface area contributed by atoms with Gasteiger partial charge in [0.1, 0.15) is 6.61 Å². The van der Waals surface area contributed by atoms with Gasteiger partial charge in [-0.2, -0.15) is 4.31 Å². The SMILES string of the molecule is C[C@@H]1C[C@H](C)CN(S(=O)(=O)c2ccc(NC(=O)COC3CCCC3)cc2)C1. The van der Waals surface area contributed by atoms with Gasteiger partial charge in [-0.25, -0.2) is 8.42 Å². The van der Waals surface area contributed by atoms with Crippen LogP contribution in [0.25, 0.3) is 0 Å². The molecule has 2 atom stereocenters. The summed E-state index contributed by atoms with van der Waals surface area (Å²) in [5.41, 5.74) is 0.578. The Morgan fingerprint density at radius 3 is 2.30 bits per heavy atom. The van der Waals surface area contributed by atoms with Crippen LogP contribution in [0.1, 0.15) is 46.0 Å². The fraction of sp³-hybridized carbons (Fsp3) is 0.650. The molecule has 7 heteroatoms. The van der Waals surface area contributed by atoms with E-state index in [0.717, 1.165) is 32.1 Å². The Morgan fingerprint density at radius 1 is 1.11 bits per heavy atom. The number of carbonyl (C=O) groups excluding carboxylic acids is 1. The molecule has 150 valence electrons. The molecule has 1 heterocycles. The maximum Gasteiger partial charge on any atom is 0.250 e. The third-order valence-electron chi connectivity index (χ3n) is 5.36. The van der Waals surface area contributed by atoms with Gasteiger partial charge in [-0.1, -0.05) is 26.7 Å². The first-order valence-corrected chi connectivity index (χ1v) is 11.3. The van der Waals surface area contributed by atoms with Crippen LogP contribution in [0.5, 0.6) is 0 Å². The van der Waals surface area contributed by atoms with Crippen molar-refractivity contribution in [3.05, 3.63) is 24.3 Å². The Labute approximate surface area is 162 Å². The number of sulfonamides is 1. The van der Waals surface area contributed by atoms with E-state index in [4.69, 9.17) is 4.74 Å². The van der Waals surface area contributed by atoms with Crippen molar-refractivity contribution in [1.82, 2.24) is 4.31 Å². The lowest BCUT2D eigenvalue weighted by Gasteiger charge is -2.34. The number of piperidine rings is 1. The number of hydrogen-bond donors (Lipinski definition) is 1. The van der Waals surface area contributed by atoms with E-state index in [1.807, 2.05) is 0 Å². The van der Waals surface area contributed by atoms with E-state index in [1.54, 1.807) is 28.6 Å². The third-order valence-corrected chi connectivity index (χ3v) is 7.21. The minimum Gasteiger partial charge on any atom is -0.368 e. The lowest BCUT2D eigenvalue weighted by atomic mass is 9.94. The van der Waals surface area contributed by atoms with Gasteiger partial charge in [0.2, 0.25) is 15.9 Å². The maximum absolute atomic E-state index is 12.9. The predicted octanol–water partition coefficient (Wildman–Crippen LogP) is 3.25. The molecule has 1 saturated carbocycles. The first kappa shape index (κ1) is 20.3. The van der Waals surface area contributed by atoms with E-state index in [2.05, 4.69) is 19.2 Å². The molecule has 1 aliphatic carbocycles. The van der Waals surface area contributed by atoms with E-state index in [-0.39, 0.29) is 23.5 Å². The predicted molar refractivity (Wildman–Crippen MR) is 105 cm³/mol. The number of rotatable bonds is 6. The molecule has 1 aliphatic heterocycles. The second kappa shape index (κ2) is 8.71. The highest BCUT2D eigenvalue weighted by molar-refractivity contribution is 7.89. The van der Waals surface area contributed by atoms with Gasteiger partial charge in [-0.05, 0) is 55.4 Å². The summed E-state index contributed by atoms with van der Waals surface area (Å²) in [5.74, 6) is 0.514. The van der Waals surface area contributed by atoms with Crippen LogP contribution in [0, 0.1) is 11.8 Å². The first-order valence-electron chi connectivity index (χ1n) is 9.86. The summed E-state index contributed by atoms with van der Waals surface area (Å²) < 4.78 is 32.9. The normalized spacial score (nSPS) is 24.8. The molecule has 3 rings (SSSR count). The minimum absolute atomic E-state index is 0.0360. The second-order valence-corrected chi connectivity index (χ2v) is 10.00. The molecule has 0 bridgehead atoms. The van der Waals surface area contributed by atoms with E-state index < -0.39 is 10.0 Å². The van der Waals surface area contributed by atoms with E-state index in [1.165, 1.54) is 0 Å². The van der Waals surface area contributed by atoms with Gasteiger partial charge in [0.25, 0.3) is 0 Å². The van der Waals surface area contributed by atoms with Crippen molar-refractivity contribution >= 4 is 21.6 Å². The van der Waals surface area contributed by atoms with Crippen molar-refractivity contribution in [3.63, 3.8) is 0 Å². The van der Waals surface area contributed by atoms with Crippen molar-refractivity contribution in [1.29, 1.82) is 0 Å². The topological polar surface area (TPSA) is 75.7 Å². The molecule has 1 amide bonds. The van der Waals surface area contributed by atoms with Crippen LogP contribution in [-0.4, -0.2) is 44.4 Å². The van der Waals surface area contributed by atoms with Gasteiger partial charge >= 0.3 is 0 Å². The number of carbonyl (C=O) groups is 1. The number of benzene rings is 1. The summed E-state index contributed by atoms with van der Waals surface area (Å²) in [5, 5.41) is 2.77. The lowest BCUT2D eigenvalue weighted by Crippen LogP contribution is -2.42. The van der Waals surface area contributed by atoms with Crippen molar-refractivity contribution in [3.8, 4) is 0 Å². The first-order chi connectivity index (χ1) is 12.8. The van der Waals surface area contributed by atoms with E-state index >= 15 is 0 Å². The monoisotopic (exact) mass is 394 g/mol. The van der Waals surface area contributed by atoms with Crippen molar-refractivity contribution in [2.45, 2.75) is 57.0 Å². The lowest BCUT2D eigenvalue weighted by molar-refractivity contribution is -0.122. The second-order valence-electron chi connectivity index (χ2n) is 8.06. The number of ether oxygens (including phenoxy) is 1. The van der Waals surface area contributed by atoms with Crippen LogP contribution in [0.3, 0.4) is 0 Å². The summed E-state index contributed by atoms with van der Waals surface area (Å²) in [6, 6.07) is 6.40. The molecule has 1 saturated heterocycles. The largest absolute Gasteiger partial charge is 0.368 e. The Morgan fingerprint density at radius 2 is 1.70 bits per heavy atom. The Kier molecular flexibility index (Phi) is 6.55. The van der Waals surface area contributed by atoms with Gasteiger partial charge in [-0.3, -0.25) is 4.79 Å². The van der Waals surface area contributed by atoms with Gasteiger partial charge in [0, 0.05) is 18.8 Å². The quantitative estimate of drug-likeness (QED) is 0.804. The Balaban J connectivity index is 1.58. The highest BCUT2D eigenvalue weighted by Gasteiger charge is 2.31. The molecule has 1 N–H and O–H groups in total. The summed E-state index contributed by atoms with van der Waals surface area (Å²) in [7, 11) is -3.50. The Bertz CT molecular complexity index is 732. The van der Waals surface area contributed by atoms with Crippen molar-refractivity contribution < 1.29 is 17.9 Å². The summed E-state index contributed by atoms with van der Waals surface area (Å²) in [6.07, 6.45) is 5.62. The highest BCUT2D eigenvalue weighted by Crippen LogP contribution is 2.27. The van der Waals surface area contributed by atoms with E-state index in [9.17, 15) is 13.2 Å². The van der Waals surface area contributed by atoms with Crippen LogP contribution in [-0.2, 0) is 19.6 Å².